The molecule has 0 aromatic carbocycles. The van der Waals surface area contributed by atoms with Gasteiger partial charge in [-0.15, -0.1) is 0 Å². The summed E-state index contributed by atoms with van der Waals surface area (Å²) in [5, 5.41) is 9.83. The molecule has 0 spiro atoms. The average molecular weight is 238 g/mol. The molecule has 0 amide bonds. The molecule has 17 heavy (non-hydrogen) atoms. The van der Waals surface area contributed by atoms with Crippen molar-refractivity contribution in [3.05, 3.63) is 0 Å². The number of nitrogens with zero attached hydrogens (tertiary/aromatic N) is 2. The van der Waals surface area contributed by atoms with Gasteiger partial charge in [0.05, 0.1) is 6.10 Å². The highest BCUT2D eigenvalue weighted by molar-refractivity contribution is 4.93. The Labute approximate surface area is 105 Å². The SMILES string of the molecule is CN1C2CCC1CN(C1CCCC(O)C1)CC2. The number of hydrogen-bond donors (Lipinski definition) is 1. The third kappa shape index (κ3) is 2.38. The minimum Gasteiger partial charge on any atom is -0.393 e. The van der Waals surface area contributed by atoms with Crippen LogP contribution in [0.25, 0.3) is 0 Å². The molecule has 2 aliphatic heterocycles. The first-order valence-electron chi connectivity index (χ1n) is 7.38. The van der Waals surface area contributed by atoms with E-state index in [1.165, 1.54) is 45.2 Å². The van der Waals surface area contributed by atoms with Gasteiger partial charge in [-0.3, -0.25) is 9.80 Å². The predicted molar refractivity (Wildman–Crippen MR) is 69.0 cm³/mol. The highest BCUT2D eigenvalue weighted by Crippen LogP contribution is 2.32. The van der Waals surface area contributed by atoms with Gasteiger partial charge in [0.15, 0.2) is 0 Å². The van der Waals surface area contributed by atoms with Crippen LogP contribution in [0.2, 0.25) is 0 Å². The standard InChI is InChI=1S/C14H26N2O/c1-15-11-5-6-13(15)10-16(8-7-11)12-3-2-4-14(17)9-12/h11-14,17H,2-10H2,1H3. The molecule has 3 heteroatoms. The van der Waals surface area contributed by atoms with Gasteiger partial charge in [0.25, 0.3) is 0 Å². The molecule has 1 saturated carbocycles. The summed E-state index contributed by atoms with van der Waals surface area (Å²) in [5.74, 6) is 0. The minimum atomic E-state index is -0.0353. The van der Waals surface area contributed by atoms with Crippen molar-refractivity contribution >= 4 is 0 Å². The molecule has 2 heterocycles. The van der Waals surface area contributed by atoms with Gasteiger partial charge in [0.1, 0.15) is 0 Å². The predicted octanol–water partition coefficient (Wildman–Crippen LogP) is 1.46. The quantitative estimate of drug-likeness (QED) is 0.749. The normalized spacial score (nSPS) is 44.8. The first-order valence-corrected chi connectivity index (χ1v) is 7.38. The molecule has 2 bridgehead atoms. The molecule has 4 unspecified atom stereocenters. The largest absolute Gasteiger partial charge is 0.393 e. The zero-order chi connectivity index (χ0) is 11.8. The molecule has 3 rings (SSSR count). The van der Waals surface area contributed by atoms with Crippen molar-refractivity contribution in [3.8, 4) is 0 Å². The number of fused-ring (bicyclic) bond motifs is 2. The van der Waals surface area contributed by atoms with Crippen molar-refractivity contribution in [2.45, 2.75) is 69.2 Å². The van der Waals surface area contributed by atoms with Gasteiger partial charge in [0, 0.05) is 24.7 Å². The molecule has 98 valence electrons. The van der Waals surface area contributed by atoms with Crippen LogP contribution in [0.15, 0.2) is 0 Å². The summed E-state index contributed by atoms with van der Waals surface area (Å²) in [5.41, 5.74) is 0. The second-order valence-corrected chi connectivity index (χ2v) is 6.31. The van der Waals surface area contributed by atoms with Gasteiger partial charge in [-0.05, 0) is 58.5 Å². The molecule has 3 nitrogen and oxygen atoms in total. The first-order chi connectivity index (χ1) is 8.24. The number of aliphatic hydroxyl groups excluding tert-OH is 1. The summed E-state index contributed by atoms with van der Waals surface area (Å²) in [7, 11) is 2.31. The molecule has 4 atom stereocenters. The summed E-state index contributed by atoms with van der Waals surface area (Å²) < 4.78 is 0. The van der Waals surface area contributed by atoms with Crippen LogP contribution >= 0.6 is 0 Å². The van der Waals surface area contributed by atoms with E-state index in [0.29, 0.717) is 6.04 Å². The van der Waals surface area contributed by atoms with Gasteiger partial charge >= 0.3 is 0 Å². The number of hydrogen-bond acceptors (Lipinski definition) is 3. The van der Waals surface area contributed by atoms with Gasteiger partial charge < -0.3 is 5.11 Å². The lowest BCUT2D eigenvalue weighted by atomic mass is 9.91. The van der Waals surface area contributed by atoms with E-state index >= 15 is 0 Å². The van der Waals surface area contributed by atoms with Crippen molar-refractivity contribution in [1.82, 2.24) is 9.80 Å². The highest BCUT2D eigenvalue weighted by atomic mass is 16.3. The Balaban J connectivity index is 1.64. The topological polar surface area (TPSA) is 26.7 Å². The maximum absolute atomic E-state index is 9.83. The lowest BCUT2D eigenvalue weighted by Crippen LogP contribution is -2.44. The fourth-order valence-corrected chi connectivity index (χ4v) is 4.14. The van der Waals surface area contributed by atoms with E-state index in [2.05, 4.69) is 16.8 Å². The molecule has 1 aliphatic carbocycles. The van der Waals surface area contributed by atoms with Crippen molar-refractivity contribution in [2.75, 3.05) is 20.1 Å². The third-order valence-corrected chi connectivity index (χ3v) is 5.32. The fraction of sp³-hybridized carbons (Fsp3) is 1.00. The Bertz CT molecular complexity index is 271. The molecule has 3 fully saturated rings. The Morgan fingerprint density at radius 2 is 1.76 bits per heavy atom. The minimum absolute atomic E-state index is 0.0353. The van der Waals surface area contributed by atoms with Gasteiger partial charge in [-0.25, -0.2) is 0 Å². The van der Waals surface area contributed by atoms with E-state index in [9.17, 15) is 5.11 Å². The van der Waals surface area contributed by atoms with Gasteiger partial charge in [-0.1, -0.05) is 0 Å². The van der Waals surface area contributed by atoms with E-state index in [1.807, 2.05) is 0 Å². The van der Waals surface area contributed by atoms with Crippen LogP contribution in [0.1, 0.15) is 44.9 Å². The molecule has 3 aliphatic rings. The Hall–Kier alpha value is -0.120. The number of aliphatic hydroxyl groups is 1. The molecular weight excluding hydrogens is 212 g/mol. The lowest BCUT2D eigenvalue weighted by Gasteiger charge is -2.37. The van der Waals surface area contributed by atoms with Crippen LogP contribution in [-0.4, -0.2) is 59.3 Å². The van der Waals surface area contributed by atoms with E-state index in [-0.39, 0.29) is 6.10 Å². The monoisotopic (exact) mass is 238 g/mol. The van der Waals surface area contributed by atoms with Gasteiger partial charge in [-0.2, -0.15) is 0 Å². The van der Waals surface area contributed by atoms with Crippen molar-refractivity contribution < 1.29 is 5.11 Å². The molecular formula is C14H26N2O. The number of likely N-dealkylation sites (tertiary alicyclic amines) is 1. The smallest absolute Gasteiger partial charge is 0.0555 e. The lowest BCUT2D eigenvalue weighted by molar-refractivity contribution is 0.0575. The van der Waals surface area contributed by atoms with E-state index in [4.69, 9.17) is 0 Å². The summed E-state index contributed by atoms with van der Waals surface area (Å²) in [6, 6.07) is 2.27. The summed E-state index contributed by atoms with van der Waals surface area (Å²) in [6.07, 6.45) is 8.64. The zero-order valence-electron chi connectivity index (χ0n) is 11.0. The Morgan fingerprint density at radius 3 is 2.59 bits per heavy atom. The van der Waals surface area contributed by atoms with Crippen LogP contribution in [0.3, 0.4) is 0 Å². The van der Waals surface area contributed by atoms with Crippen molar-refractivity contribution in [3.63, 3.8) is 0 Å². The third-order valence-electron chi connectivity index (χ3n) is 5.32. The number of rotatable bonds is 1. The van der Waals surface area contributed by atoms with Crippen molar-refractivity contribution in [1.29, 1.82) is 0 Å². The Kier molecular flexibility index (Phi) is 3.42. The second-order valence-electron chi connectivity index (χ2n) is 6.31. The van der Waals surface area contributed by atoms with Crippen LogP contribution in [0.4, 0.5) is 0 Å². The maximum Gasteiger partial charge on any atom is 0.0555 e. The van der Waals surface area contributed by atoms with Crippen LogP contribution in [0, 0.1) is 0 Å². The summed E-state index contributed by atoms with van der Waals surface area (Å²) in [4.78, 5) is 5.29. The summed E-state index contributed by atoms with van der Waals surface area (Å²) in [6.45, 7) is 2.49. The molecule has 0 radical (unpaired) electrons. The van der Waals surface area contributed by atoms with Gasteiger partial charge in [0.2, 0.25) is 0 Å². The molecule has 0 aromatic heterocycles. The second kappa shape index (κ2) is 4.87. The fourth-order valence-electron chi connectivity index (χ4n) is 4.14. The van der Waals surface area contributed by atoms with E-state index in [1.54, 1.807) is 0 Å². The van der Waals surface area contributed by atoms with Crippen molar-refractivity contribution in [2.24, 2.45) is 0 Å². The average Bonchev–Trinajstić information content (AvgIpc) is 2.53. The Morgan fingerprint density at radius 1 is 0.941 bits per heavy atom. The molecule has 2 saturated heterocycles. The first kappa shape index (κ1) is 11.9. The van der Waals surface area contributed by atoms with Crippen LogP contribution < -0.4 is 0 Å². The molecule has 1 N–H and O–H groups in total. The summed E-state index contributed by atoms with van der Waals surface area (Å²) >= 11 is 0. The maximum atomic E-state index is 9.83. The van der Waals surface area contributed by atoms with E-state index in [0.717, 1.165) is 24.9 Å². The van der Waals surface area contributed by atoms with E-state index < -0.39 is 0 Å². The zero-order valence-corrected chi connectivity index (χ0v) is 11.0. The van der Waals surface area contributed by atoms with Crippen LogP contribution in [-0.2, 0) is 0 Å². The highest BCUT2D eigenvalue weighted by Gasteiger charge is 2.37. The molecule has 0 aromatic rings. The number of likely N-dealkylation sites (N-methyl/N-ethyl adjacent to an activating group) is 1. The van der Waals surface area contributed by atoms with Crippen LogP contribution in [0.5, 0.6) is 0 Å².